The van der Waals surface area contributed by atoms with E-state index in [1.165, 1.54) is 0 Å². The molecule has 14 heavy (non-hydrogen) atoms. The third kappa shape index (κ3) is 6.42. The van der Waals surface area contributed by atoms with E-state index in [0.29, 0.717) is 23.3 Å². The number of nitrogens with two attached hydrogens (primary N) is 1. The predicted octanol–water partition coefficient (Wildman–Crippen LogP) is 4.07. The second kappa shape index (κ2) is 7.28. The van der Waals surface area contributed by atoms with Gasteiger partial charge in [0.05, 0.1) is 0 Å². The molecular formula is C13H31N. The highest BCUT2D eigenvalue weighted by Gasteiger charge is 2.25. The summed E-state index contributed by atoms with van der Waals surface area (Å²) in [5.74, 6) is 1.31. The zero-order valence-corrected chi connectivity index (χ0v) is 11.5. The van der Waals surface area contributed by atoms with Crippen molar-refractivity contribution in [3.05, 3.63) is 0 Å². The van der Waals surface area contributed by atoms with Crippen LogP contribution in [0.1, 0.15) is 61.8 Å². The van der Waals surface area contributed by atoms with Gasteiger partial charge < -0.3 is 5.73 Å². The van der Waals surface area contributed by atoms with Gasteiger partial charge in [0.25, 0.3) is 0 Å². The molecule has 2 N–H and O–H groups in total. The monoisotopic (exact) mass is 201 g/mol. The summed E-state index contributed by atoms with van der Waals surface area (Å²) in [5, 5.41) is 0. The van der Waals surface area contributed by atoms with Gasteiger partial charge in [-0.15, -0.1) is 0 Å². The molecule has 0 aliphatic heterocycles. The molecule has 0 bridgehead atoms. The van der Waals surface area contributed by atoms with Gasteiger partial charge in [0.2, 0.25) is 0 Å². The van der Waals surface area contributed by atoms with Gasteiger partial charge in [-0.05, 0) is 23.7 Å². The highest BCUT2D eigenvalue weighted by molar-refractivity contribution is 4.79. The second-order valence-corrected chi connectivity index (χ2v) is 5.26. The highest BCUT2D eigenvalue weighted by atomic mass is 14.6. The van der Waals surface area contributed by atoms with E-state index in [2.05, 4.69) is 41.5 Å². The van der Waals surface area contributed by atoms with Crippen LogP contribution in [0.15, 0.2) is 0 Å². The minimum absolute atomic E-state index is 0.349. The molecule has 0 amide bonds. The van der Waals surface area contributed by atoms with Crippen LogP contribution < -0.4 is 5.73 Å². The largest absolute Gasteiger partial charge is 0.327 e. The Labute approximate surface area is 91.5 Å². The third-order valence-corrected chi connectivity index (χ3v) is 3.18. The van der Waals surface area contributed by atoms with Crippen LogP contribution in [0.3, 0.4) is 0 Å². The van der Waals surface area contributed by atoms with Gasteiger partial charge in [0.1, 0.15) is 0 Å². The van der Waals surface area contributed by atoms with Crippen LogP contribution in [-0.4, -0.2) is 6.04 Å². The summed E-state index contributed by atoms with van der Waals surface area (Å²) in [6, 6.07) is 0.349. The molecule has 0 spiro atoms. The number of hydrogen-bond donors (Lipinski definition) is 1. The van der Waals surface area contributed by atoms with Crippen LogP contribution in [0.25, 0.3) is 0 Å². The maximum absolute atomic E-state index is 6.04. The smallest absolute Gasteiger partial charge is 0.00670 e. The fourth-order valence-electron chi connectivity index (χ4n) is 1.08. The second-order valence-electron chi connectivity index (χ2n) is 5.26. The van der Waals surface area contributed by atoms with E-state index in [-0.39, 0.29) is 0 Å². The fraction of sp³-hybridized carbons (Fsp3) is 1.00. The average Bonchev–Trinajstić information content (AvgIpc) is 2.06. The van der Waals surface area contributed by atoms with Gasteiger partial charge in [-0.3, -0.25) is 0 Å². The van der Waals surface area contributed by atoms with Crippen LogP contribution in [0, 0.1) is 17.3 Å². The van der Waals surface area contributed by atoms with E-state index < -0.39 is 0 Å². The van der Waals surface area contributed by atoms with Crippen LogP contribution in [0.5, 0.6) is 0 Å². The number of hydrogen-bond acceptors (Lipinski definition) is 1. The topological polar surface area (TPSA) is 26.0 Å². The first-order valence-electron chi connectivity index (χ1n) is 6.03. The van der Waals surface area contributed by atoms with Crippen molar-refractivity contribution < 1.29 is 0 Å². The van der Waals surface area contributed by atoms with E-state index in [1.54, 1.807) is 0 Å². The summed E-state index contributed by atoms with van der Waals surface area (Å²) < 4.78 is 0. The van der Waals surface area contributed by atoms with Gasteiger partial charge in [-0.1, -0.05) is 55.4 Å². The van der Waals surface area contributed by atoms with Crippen molar-refractivity contribution in [3.63, 3.8) is 0 Å². The average molecular weight is 201 g/mol. The summed E-state index contributed by atoms with van der Waals surface area (Å²) in [7, 11) is 0. The lowest BCUT2D eigenvalue weighted by Gasteiger charge is -2.33. The van der Waals surface area contributed by atoms with Crippen molar-refractivity contribution in [2.75, 3.05) is 0 Å². The Morgan fingerprint density at radius 3 is 1.57 bits per heavy atom. The van der Waals surface area contributed by atoms with E-state index in [0.717, 1.165) is 6.42 Å². The lowest BCUT2D eigenvalue weighted by molar-refractivity contribution is 0.196. The summed E-state index contributed by atoms with van der Waals surface area (Å²) in [6.45, 7) is 17.5. The first-order chi connectivity index (χ1) is 6.27. The SMILES string of the molecule is CC.CC(C)C(N)CC(C)(C)C(C)C. The fourth-order valence-corrected chi connectivity index (χ4v) is 1.08. The van der Waals surface area contributed by atoms with Crippen molar-refractivity contribution in [1.82, 2.24) is 0 Å². The lowest BCUT2D eigenvalue weighted by atomic mass is 9.74. The van der Waals surface area contributed by atoms with E-state index in [4.69, 9.17) is 5.73 Å². The molecule has 0 aliphatic rings. The first kappa shape index (κ1) is 16.4. The minimum Gasteiger partial charge on any atom is -0.327 e. The molecule has 0 saturated heterocycles. The maximum Gasteiger partial charge on any atom is 0.00670 e. The summed E-state index contributed by atoms with van der Waals surface area (Å²) in [4.78, 5) is 0. The normalized spacial score (nSPS) is 13.9. The Morgan fingerprint density at radius 2 is 1.36 bits per heavy atom. The Kier molecular flexibility index (Phi) is 8.52. The molecular weight excluding hydrogens is 170 g/mol. The molecule has 0 aromatic carbocycles. The van der Waals surface area contributed by atoms with E-state index in [1.807, 2.05) is 13.8 Å². The third-order valence-electron chi connectivity index (χ3n) is 3.18. The lowest BCUT2D eigenvalue weighted by Crippen LogP contribution is -2.34. The molecule has 0 heterocycles. The Morgan fingerprint density at radius 1 is 1.00 bits per heavy atom. The van der Waals surface area contributed by atoms with Crippen LogP contribution in [0.4, 0.5) is 0 Å². The van der Waals surface area contributed by atoms with Gasteiger partial charge in [-0.25, -0.2) is 0 Å². The Bertz CT molecular complexity index is 125. The molecule has 0 radical (unpaired) electrons. The standard InChI is InChI=1S/C11H25N.C2H6/c1-8(2)10(12)7-11(5,6)9(3)4;1-2/h8-10H,7,12H2,1-6H3;1-2H3. The Hall–Kier alpha value is -0.0400. The molecule has 0 saturated carbocycles. The van der Waals surface area contributed by atoms with Crippen molar-refractivity contribution in [2.45, 2.75) is 67.9 Å². The summed E-state index contributed by atoms with van der Waals surface area (Å²) >= 11 is 0. The van der Waals surface area contributed by atoms with Gasteiger partial charge >= 0.3 is 0 Å². The van der Waals surface area contributed by atoms with Crippen LogP contribution in [-0.2, 0) is 0 Å². The first-order valence-corrected chi connectivity index (χ1v) is 6.03. The molecule has 1 nitrogen and oxygen atoms in total. The predicted molar refractivity (Wildman–Crippen MR) is 67.4 cm³/mol. The summed E-state index contributed by atoms with van der Waals surface area (Å²) in [6.07, 6.45) is 1.13. The van der Waals surface area contributed by atoms with E-state index in [9.17, 15) is 0 Å². The van der Waals surface area contributed by atoms with Gasteiger partial charge in [0.15, 0.2) is 0 Å². The molecule has 0 aliphatic carbocycles. The molecule has 1 atom stereocenters. The molecule has 1 unspecified atom stereocenters. The quantitative estimate of drug-likeness (QED) is 0.729. The van der Waals surface area contributed by atoms with Crippen molar-refractivity contribution >= 4 is 0 Å². The van der Waals surface area contributed by atoms with Crippen molar-refractivity contribution in [3.8, 4) is 0 Å². The zero-order valence-electron chi connectivity index (χ0n) is 11.5. The molecule has 0 aromatic rings. The van der Waals surface area contributed by atoms with Crippen molar-refractivity contribution in [1.29, 1.82) is 0 Å². The molecule has 0 rings (SSSR count). The minimum atomic E-state index is 0.349. The summed E-state index contributed by atoms with van der Waals surface area (Å²) in [5.41, 5.74) is 6.42. The molecule has 0 fully saturated rings. The Balaban J connectivity index is 0. The maximum atomic E-state index is 6.04. The van der Waals surface area contributed by atoms with Gasteiger partial charge in [0, 0.05) is 6.04 Å². The van der Waals surface area contributed by atoms with Crippen LogP contribution >= 0.6 is 0 Å². The zero-order chi connectivity index (χ0) is 11.9. The number of rotatable bonds is 4. The van der Waals surface area contributed by atoms with E-state index >= 15 is 0 Å². The molecule has 0 aromatic heterocycles. The van der Waals surface area contributed by atoms with Gasteiger partial charge in [-0.2, -0.15) is 0 Å². The highest BCUT2D eigenvalue weighted by Crippen LogP contribution is 2.32. The van der Waals surface area contributed by atoms with Crippen molar-refractivity contribution in [2.24, 2.45) is 23.0 Å². The molecule has 88 valence electrons. The van der Waals surface area contributed by atoms with Crippen LogP contribution in [0.2, 0.25) is 0 Å². The molecule has 1 heteroatoms.